The summed E-state index contributed by atoms with van der Waals surface area (Å²) in [6.45, 7) is 0. The Morgan fingerprint density at radius 3 is 1.53 bits per heavy atom. The Morgan fingerprint density at radius 2 is 1.18 bits per heavy atom. The van der Waals surface area contributed by atoms with Crippen molar-refractivity contribution in [2.45, 2.75) is 73.7 Å². The van der Waals surface area contributed by atoms with Gasteiger partial charge in [0.2, 0.25) is 0 Å². The van der Waals surface area contributed by atoms with Gasteiger partial charge in [0.15, 0.2) is 0 Å². The topological polar surface area (TPSA) is 49.7 Å². The predicted molar refractivity (Wildman–Crippen MR) is 67.7 cm³/mol. The lowest BCUT2D eigenvalue weighted by Gasteiger charge is -2.35. The molecule has 0 aromatic heterocycles. The lowest BCUT2D eigenvalue weighted by atomic mass is 9.92. The molecule has 0 saturated heterocycles. The predicted octanol–water partition coefficient (Wildman–Crippen LogP) is 2.04. The minimum atomic E-state index is -0.398. The Bertz CT molecular complexity index is 228. The van der Waals surface area contributed by atoms with Crippen molar-refractivity contribution in [3.05, 3.63) is 0 Å². The van der Waals surface area contributed by atoms with Gasteiger partial charge >= 0.3 is 0 Å². The fourth-order valence-corrected chi connectivity index (χ4v) is 3.30. The third-order valence-corrected chi connectivity index (χ3v) is 4.70. The summed E-state index contributed by atoms with van der Waals surface area (Å²) in [5.41, 5.74) is 0. The van der Waals surface area contributed by atoms with Crippen LogP contribution < -0.4 is 0 Å². The highest BCUT2D eigenvalue weighted by Crippen LogP contribution is 2.31. The fraction of sp³-hybridized carbons (Fsp3) is 1.00. The SMILES string of the molecule is OC1CCC(OC2CCC(O)C(Cl)C2)CC1Cl. The zero-order valence-electron chi connectivity index (χ0n) is 9.77. The van der Waals surface area contributed by atoms with E-state index >= 15 is 0 Å². The summed E-state index contributed by atoms with van der Waals surface area (Å²) in [5.74, 6) is 0. The van der Waals surface area contributed by atoms with Gasteiger partial charge in [-0.25, -0.2) is 0 Å². The standard InChI is InChI=1S/C12H20Cl2O3/c13-9-5-7(1-3-11(9)15)17-8-2-4-12(16)10(14)6-8/h7-12,15-16H,1-6H2. The molecule has 2 fully saturated rings. The first-order chi connectivity index (χ1) is 8.06. The van der Waals surface area contributed by atoms with Crippen molar-refractivity contribution in [2.24, 2.45) is 0 Å². The molecule has 2 saturated carbocycles. The van der Waals surface area contributed by atoms with E-state index in [-0.39, 0.29) is 23.0 Å². The van der Waals surface area contributed by atoms with E-state index in [4.69, 9.17) is 27.9 Å². The molecule has 0 amide bonds. The molecule has 0 aromatic rings. The van der Waals surface area contributed by atoms with Gasteiger partial charge in [0, 0.05) is 0 Å². The average Bonchev–Trinajstić information content (AvgIpc) is 2.29. The number of aliphatic hydroxyl groups excluding tert-OH is 2. The van der Waals surface area contributed by atoms with E-state index < -0.39 is 12.2 Å². The van der Waals surface area contributed by atoms with Crippen molar-refractivity contribution in [3.63, 3.8) is 0 Å². The maximum atomic E-state index is 9.54. The lowest BCUT2D eigenvalue weighted by molar-refractivity contribution is -0.0697. The van der Waals surface area contributed by atoms with E-state index in [1.165, 1.54) is 0 Å². The van der Waals surface area contributed by atoms with Gasteiger partial charge in [-0.1, -0.05) is 0 Å². The molecule has 0 radical (unpaired) electrons. The largest absolute Gasteiger partial charge is 0.392 e. The minimum Gasteiger partial charge on any atom is -0.392 e. The van der Waals surface area contributed by atoms with Crippen LogP contribution in [-0.4, -0.2) is 45.4 Å². The molecule has 6 unspecified atom stereocenters. The first-order valence-electron chi connectivity index (χ1n) is 6.36. The van der Waals surface area contributed by atoms with Crippen LogP contribution in [0, 0.1) is 0 Å². The van der Waals surface area contributed by atoms with Crippen molar-refractivity contribution in [3.8, 4) is 0 Å². The van der Waals surface area contributed by atoms with Crippen LogP contribution in [-0.2, 0) is 4.74 Å². The summed E-state index contributed by atoms with van der Waals surface area (Å²) >= 11 is 12.1. The summed E-state index contributed by atoms with van der Waals surface area (Å²) in [7, 11) is 0. The highest BCUT2D eigenvalue weighted by molar-refractivity contribution is 6.21. The van der Waals surface area contributed by atoms with Crippen molar-refractivity contribution >= 4 is 23.2 Å². The molecule has 6 atom stereocenters. The van der Waals surface area contributed by atoms with Gasteiger partial charge in [-0.3, -0.25) is 0 Å². The molecular weight excluding hydrogens is 263 g/mol. The molecule has 5 heteroatoms. The first-order valence-corrected chi connectivity index (χ1v) is 7.23. The van der Waals surface area contributed by atoms with Crippen LogP contribution in [0.4, 0.5) is 0 Å². The minimum absolute atomic E-state index is 0.130. The summed E-state index contributed by atoms with van der Waals surface area (Å²) < 4.78 is 5.98. The van der Waals surface area contributed by atoms with Crippen LogP contribution in [0.3, 0.4) is 0 Å². The zero-order chi connectivity index (χ0) is 12.4. The van der Waals surface area contributed by atoms with Crippen molar-refractivity contribution in [1.82, 2.24) is 0 Å². The van der Waals surface area contributed by atoms with Gasteiger partial charge in [0.05, 0.1) is 35.2 Å². The van der Waals surface area contributed by atoms with Crippen LogP contribution in [0.2, 0.25) is 0 Å². The quantitative estimate of drug-likeness (QED) is 0.763. The van der Waals surface area contributed by atoms with Crippen LogP contribution in [0.15, 0.2) is 0 Å². The van der Waals surface area contributed by atoms with Crippen LogP contribution in [0.5, 0.6) is 0 Å². The molecule has 17 heavy (non-hydrogen) atoms. The average molecular weight is 283 g/mol. The normalized spacial score (nSPS) is 48.0. The van der Waals surface area contributed by atoms with E-state index in [0.29, 0.717) is 25.7 Å². The Morgan fingerprint density at radius 1 is 0.765 bits per heavy atom. The van der Waals surface area contributed by atoms with Crippen molar-refractivity contribution in [2.75, 3.05) is 0 Å². The highest BCUT2D eigenvalue weighted by atomic mass is 35.5. The van der Waals surface area contributed by atoms with Crippen LogP contribution >= 0.6 is 23.2 Å². The van der Waals surface area contributed by atoms with Gasteiger partial charge in [-0.15, -0.1) is 23.2 Å². The maximum absolute atomic E-state index is 9.54. The third kappa shape index (κ3) is 3.71. The molecule has 0 spiro atoms. The lowest BCUT2D eigenvalue weighted by Crippen LogP contribution is -2.39. The number of hydrogen-bond donors (Lipinski definition) is 2. The van der Waals surface area contributed by atoms with Gasteiger partial charge in [-0.05, 0) is 38.5 Å². The number of halogens is 2. The molecule has 0 heterocycles. The molecule has 0 bridgehead atoms. The molecule has 3 nitrogen and oxygen atoms in total. The molecule has 2 aliphatic rings. The summed E-state index contributed by atoms with van der Waals surface area (Å²) in [5, 5.41) is 18.7. The number of alkyl halides is 2. The van der Waals surface area contributed by atoms with E-state index in [1.807, 2.05) is 0 Å². The van der Waals surface area contributed by atoms with Gasteiger partial charge in [0.1, 0.15) is 0 Å². The second-order valence-corrected chi connectivity index (χ2v) is 6.29. The van der Waals surface area contributed by atoms with E-state index in [9.17, 15) is 10.2 Å². The van der Waals surface area contributed by atoms with E-state index in [0.717, 1.165) is 12.8 Å². The Kier molecular flexibility index (Phi) is 4.96. The highest BCUT2D eigenvalue weighted by Gasteiger charge is 2.33. The van der Waals surface area contributed by atoms with E-state index in [1.54, 1.807) is 0 Å². The molecule has 0 aromatic carbocycles. The molecule has 100 valence electrons. The Hall–Kier alpha value is 0.460. The van der Waals surface area contributed by atoms with Crippen LogP contribution in [0.25, 0.3) is 0 Å². The zero-order valence-corrected chi connectivity index (χ0v) is 11.3. The monoisotopic (exact) mass is 282 g/mol. The second-order valence-electron chi connectivity index (χ2n) is 5.17. The number of ether oxygens (including phenoxy) is 1. The Labute approximate surface area is 112 Å². The molecule has 2 N–H and O–H groups in total. The fourth-order valence-electron chi connectivity index (χ4n) is 2.65. The smallest absolute Gasteiger partial charge is 0.0705 e. The van der Waals surface area contributed by atoms with Crippen molar-refractivity contribution in [1.29, 1.82) is 0 Å². The van der Waals surface area contributed by atoms with Crippen molar-refractivity contribution < 1.29 is 14.9 Å². The van der Waals surface area contributed by atoms with Crippen LogP contribution in [0.1, 0.15) is 38.5 Å². The third-order valence-electron chi connectivity index (χ3n) is 3.76. The summed E-state index contributed by atoms with van der Waals surface area (Å²) in [6, 6.07) is 0. The van der Waals surface area contributed by atoms with Gasteiger partial charge in [0.25, 0.3) is 0 Å². The number of rotatable bonds is 2. The van der Waals surface area contributed by atoms with Gasteiger partial charge < -0.3 is 14.9 Å². The summed E-state index contributed by atoms with van der Waals surface area (Å²) in [4.78, 5) is 0. The Balaban J connectivity index is 1.78. The maximum Gasteiger partial charge on any atom is 0.0705 e. The molecule has 2 rings (SSSR count). The first kappa shape index (κ1) is 13.9. The van der Waals surface area contributed by atoms with Gasteiger partial charge in [-0.2, -0.15) is 0 Å². The molecular formula is C12H20Cl2O3. The second kappa shape index (κ2) is 6.07. The summed E-state index contributed by atoms with van der Waals surface area (Å²) in [6.07, 6.45) is 4.00. The molecule has 2 aliphatic carbocycles. The van der Waals surface area contributed by atoms with E-state index in [2.05, 4.69) is 0 Å². The number of aliphatic hydroxyl groups is 2. The molecule has 0 aliphatic heterocycles. The number of hydrogen-bond acceptors (Lipinski definition) is 3.